The second kappa shape index (κ2) is 9.89. The molecule has 1 N–H and O–H groups in total. The number of alkyl halides is 3. The first kappa shape index (κ1) is 23.8. The van der Waals surface area contributed by atoms with Crippen LogP contribution < -0.4 is 0 Å². The van der Waals surface area contributed by atoms with Crippen molar-refractivity contribution in [3.8, 4) is 11.5 Å². The zero-order chi connectivity index (χ0) is 24.3. The van der Waals surface area contributed by atoms with Crippen LogP contribution in [0.2, 0.25) is 0 Å². The summed E-state index contributed by atoms with van der Waals surface area (Å²) in [4.78, 5) is 17.5. The van der Waals surface area contributed by atoms with Crippen LogP contribution in [0.4, 0.5) is 13.2 Å². The highest BCUT2D eigenvalue weighted by Crippen LogP contribution is 2.34. The van der Waals surface area contributed by atoms with Gasteiger partial charge in [-0.05, 0) is 62.4 Å². The monoisotopic (exact) mass is 474 g/mol. The van der Waals surface area contributed by atoms with Crippen molar-refractivity contribution in [2.45, 2.75) is 51.4 Å². The number of hydrogen-bond acceptors (Lipinski definition) is 5. The average molecular weight is 474 g/mol. The van der Waals surface area contributed by atoms with Gasteiger partial charge in [0.25, 0.3) is 0 Å². The van der Waals surface area contributed by atoms with Crippen molar-refractivity contribution in [1.82, 2.24) is 9.88 Å². The van der Waals surface area contributed by atoms with Gasteiger partial charge in [-0.15, -0.1) is 0 Å². The Bertz CT molecular complexity index is 1130. The Morgan fingerprint density at radius 2 is 2.03 bits per heavy atom. The lowest BCUT2D eigenvalue weighted by Gasteiger charge is -2.34. The lowest BCUT2D eigenvalue weighted by Crippen LogP contribution is -2.32. The van der Waals surface area contributed by atoms with Crippen LogP contribution in [-0.2, 0) is 22.3 Å². The number of allylic oxidation sites excluding steroid dienone is 3. The zero-order valence-corrected chi connectivity index (χ0v) is 18.6. The number of halogens is 3. The number of carbonyl (C=O) groups is 1. The molecule has 0 saturated carbocycles. The molecule has 0 spiro atoms. The van der Waals surface area contributed by atoms with Crippen LogP contribution in [0.3, 0.4) is 0 Å². The predicted molar refractivity (Wildman–Crippen MR) is 118 cm³/mol. The van der Waals surface area contributed by atoms with Gasteiger partial charge in [0.2, 0.25) is 5.89 Å². The third-order valence-electron chi connectivity index (χ3n) is 5.79. The Hall–Kier alpha value is -3.33. The van der Waals surface area contributed by atoms with Gasteiger partial charge in [0.05, 0.1) is 23.5 Å². The third-order valence-corrected chi connectivity index (χ3v) is 5.79. The minimum Gasteiger partial charge on any atom is -0.480 e. The number of carboxylic acid groups (broad SMARTS) is 1. The van der Waals surface area contributed by atoms with Crippen LogP contribution in [0.25, 0.3) is 11.5 Å². The molecule has 180 valence electrons. The predicted octanol–water partition coefficient (Wildman–Crippen LogP) is 5.85. The van der Waals surface area contributed by atoms with Gasteiger partial charge in [-0.25, -0.2) is 9.78 Å². The van der Waals surface area contributed by atoms with Crippen molar-refractivity contribution in [1.29, 1.82) is 0 Å². The number of aromatic nitrogens is 1. The molecule has 2 aromatic rings. The molecule has 1 aliphatic heterocycles. The molecule has 0 saturated heterocycles. The lowest BCUT2D eigenvalue weighted by atomic mass is 9.94. The number of carboxylic acids is 1. The molecule has 1 atom stereocenters. The van der Waals surface area contributed by atoms with Gasteiger partial charge in [-0.3, -0.25) is 0 Å². The van der Waals surface area contributed by atoms with E-state index in [9.17, 15) is 18.0 Å². The summed E-state index contributed by atoms with van der Waals surface area (Å²) in [5.41, 5.74) is 2.33. The van der Waals surface area contributed by atoms with Crippen molar-refractivity contribution < 1.29 is 32.2 Å². The molecule has 1 aromatic heterocycles. The Morgan fingerprint density at radius 1 is 1.26 bits per heavy atom. The zero-order valence-electron chi connectivity index (χ0n) is 18.6. The second-order valence-corrected chi connectivity index (χ2v) is 8.25. The minimum atomic E-state index is -4.41. The Balaban J connectivity index is 1.61. The number of nitrogens with zero attached hydrogens (tertiary/aromatic N) is 2. The smallest absolute Gasteiger partial charge is 0.416 e. The molecule has 9 heteroatoms. The summed E-state index contributed by atoms with van der Waals surface area (Å²) in [6.45, 7) is 1.72. The molecule has 1 aliphatic carbocycles. The summed E-state index contributed by atoms with van der Waals surface area (Å²) in [5.74, 6) is -0.218. The highest BCUT2D eigenvalue weighted by atomic mass is 19.4. The molecule has 34 heavy (non-hydrogen) atoms. The normalized spacial score (nSPS) is 18.6. The van der Waals surface area contributed by atoms with E-state index in [-0.39, 0.29) is 5.89 Å². The Morgan fingerprint density at radius 3 is 2.74 bits per heavy atom. The first-order chi connectivity index (χ1) is 16.2. The Kier molecular flexibility index (Phi) is 6.92. The molecule has 2 aliphatic rings. The molecule has 0 bridgehead atoms. The molecule has 6 nitrogen and oxygen atoms in total. The van der Waals surface area contributed by atoms with E-state index in [0.29, 0.717) is 30.0 Å². The largest absolute Gasteiger partial charge is 0.480 e. The van der Waals surface area contributed by atoms with Crippen LogP contribution in [0, 0.1) is 6.92 Å². The van der Waals surface area contributed by atoms with Gasteiger partial charge >= 0.3 is 12.1 Å². The number of rotatable bonds is 6. The highest BCUT2D eigenvalue weighted by Gasteiger charge is 2.31. The topological polar surface area (TPSA) is 75.8 Å². The van der Waals surface area contributed by atoms with E-state index in [0.717, 1.165) is 42.7 Å². The van der Waals surface area contributed by atoms with Gasteiger partial charge in [-0.2, -0.15) is 13.2 Å². The second-order valence-electron chi connectivity index (χ2n) is 8.25. The van der Waals surface area contributed by atoms with E-state index in [1.807, 2.05) is 17.2 Å². The first-order valence-electron chi connectivity index (χ1n) is 11.0. The highest BCUT2D eigenvalue weighted by molar-refractivity contribution is 5.68. The van der Waals surface area contributed by atoms with E-state index >= 15 is 0 Å². The van der Waals surface area contributed by atoms with Crippen LogP contribution >= 0.6 is 0 Å². The number of aryl methyl sites for hydroxylation is 1. The minimum absolute atomic E-state index is 0.244. The number of aliphatic carboxylic acids is 1. The molecule has 0 radical (unpaired) electrons. The summed E-state index contributed by atoms with van der Waals surface area (Å²) < 4.78 is 50.3. The van der Waals surface area contributed by atoms with Gasteiger partial charge in [0.15, 0.2) is 0 Å². The number of hydrogen-bond donors (Lipinski definition) is 1. The maximum Gasteiger partial charge on any atom is 0.416 e. The summed E-state index contributed by atoms with van der Waals surface area (Å²) in [6, 6.07) is 4.70. The van der Waals surface area contributed by atoms with Gasteiger partial charge < -0.3 is 19.2 Å². The quantitative estimate of drug-likeness (QED) is 0.566. The summed E-state index contributed by atoms with van der Waals surface area (Å²) in [5, 5.41) is 9.08. The van der Waals surface area contributed by atoms with Gasteiger partial charge in [-0.1, -0.05) is 18.2 Å². The molecule has 0 amide bonds. The Labute approximate surface area is 195 Å². The SMILES string of the molecule is Cc1nc(-c2ccc(C(F)(F)F)cc2)oc1CN1C=CCCCC2=C1C(OCC(=O)O)CC=C2. The van der Waals surface area contributed by atoms with Crippen LogP contribution in [0.1, 0.15) is 42.7 Å². The standard InChI is InChI=1S/C25H25F3N2O4/c1-16-21(34-24(29-16)18-9-11-19(12-10-18)25(26,27)28)14-30-13-4-2-3-6-17-7-5-8-20(23(17)30)33-15-22(31)32/h4-5,7,9-13,20H,2-3,6,8,14-15H2,1H3,(H,31,32). The molecular weight excluding hydrogens is 449 g/mol. The van der Waals surface area contributed by atoms with Crippen molar-refractivity contribution >= 4 is 5.97 Å². The molecule has 4 rings (SSSR count). The molecule has 2 heterocycles. The van der Waals surface area contributed by atoms with Crippen molar-refractivity contribution in [2.24, 2.45) is 0 Å². The summed E-state index contributed by atoms with van der Waals surface area (Å²) in [6.07, 6.45) is 6.51. The number of benzene rings is 1. The fourth-order valence-electron chi connectivity index (χ4n) is 4.12. The summed E-state index contributed by atoms with van der Waals surface area (Å²) in [7, 11) is 0. The first-order valence-corrected chi connectivity index (χ1v) is 11.0. The lowest BCUT2D eigenvalue weighted by molar-refractivity contribution is -0.144. The average Bonchev–Trinajstić information content (AvgIpc) is 3.14. The maximum atomic E-state index is 12.9. The molecule has 0 fully saturated rings. The number of oxazole rings is 1. The van der Waals surface area contributed by atoms with Gasteiger partial charge in [0, 0.05) is 11.8 Å². The van der Waals surface area contributed by atoms with E-state index in [2.05, 4.69) is 17.1 Å². The van der Waals surface area contributed by atoms with E-state index in [1.165, 1.54) is 12.1 Å². The molecule has 1 aromatic carbocycles. The summed E-state index contributed by atoms with van der Waals surface area (Å²) >= 11 is 0. The van der Waals surface area contributed by atoms with Crippen LogP contribution in [-0.4, -0.2) is 33.7 Å². The van der Waals surface area contributed by atoms with E-state index in [4.69, 9.17) is 14.3 Å². The van der Waals surface area contributed by atoms with Gasteiger partial charge in [0.1, 0.15) is 18.5 Å². The fourth-order valence-corrected chi connectivity index (χ4v) is 4.12. The van der Waals surface area contributed by atoms with Crippen molar-refractivity contribution in [3.63, 3.8) is 0 Å². The van der Waals surface area contributed by atoms with Crippen LogP contribution in [0.5, 0.6) is 0 Å². The fraction of sp³-hybridized carbons (Fsp3) is 0.360. The third kappa shape index (κ3) is 5.41. The van der Waals surface area contributed by atoms with Crippen molar-refractivity contribution in [2.75, 3.05) is 6.61 Å². The maximum absolute atomic E-state index is 12.9. The number of ether oxygens (including phenoxy) is 1. The van der Waals surface area contributed by atoms with Crippen LogP contribution in [0.15, 0.2) is 64.4 Å². The molecular formula is C25H25F3N2O4. The molecule has 1 unspecified atom stereocenters. The van der Waals surface area contributed by atoms with Crippen molar-refractivity contribution in [3.05, 3.63) is 77.0 Å². The van der Waals surface area contributed by atoms with E-state index < -0.39 is 30.4 Å². The van der Waals surface area contributed by atoms with E-state index in [1.54, 1.807) is 6.92 Å².